The number of aryl methyl sites for hydroxylation is 1. The fraction of sp³-hybridized carbons (Fsp3) is 0.833. The summed E-state index contributed by atoms with van der Waals surface area (Å²) in [6.07, 6.45) is 1.19. The van der Waals surface area contributed by atoms with Crippen LogP contribution in [0.2, 0.25) is 0 Å². The molecule has 0 amide bonds. The summed E-state index contributed by atoms with van der Waals surface area (Å²) in [5, 5.41) is 14.3. The molecule has 0 aromatic carbocycles. The summed E-state index contributed by atoms with van der Waals surface area (Å²) in [6.45, 7) is 8.91. The van der Waals surface area contributed by atoms with E-state index in [0.29, 0.717) is 6.42 Å². The van der Waals surface area contributed by atoms with Crippen molar-refractivity contribution < 1.29 is 9.84 Å². The fourth-order valence-electron chi connectivity index (χ4n) is 2.09. The lowest BCUT2D eigenvalue weighted by Crippen LogP contribution is -2.41. The van der Waals surface area contributed by atoms with E-state index in [1.54, 1.807) is 11.8 Å². The van der Waals surface area contributed by atoms with Crippen LogP contribution in [0.3, 0.4) is 0 Å². The van der Waals surface area contributed by atoms with Gasteiger partial charge in [-0.05, 0) is 12.3 Å². The molecule has 0 aliphatic carbocycles. The van der Waals surface area contributed by atoms with Gasteiger partial charge in [0.25, 0.3) is 0 Å². The van der Waals surface area contributed by atoms with E-state index in [-0.39, 0.29) is 11.5 Å². The predicted octanol–water partition coefficient (Wildman–Crippen LogP) is 1.26. The van der Waals surface area contributed by atoms with E-state index >= 15 is 0 Å². The van der Waals surface area contributed by atoms with Crippen LogP contribution in [0.1, 0.15) is 33.5 Å². The van der Waals surface area contributed by atoms with E-state index in [2.05, 4.69) is 30.9 Å². The lowest BCUT2D eigenvalue weighted by Gasteiger charge is -2.33. The van der Waals surface area contributed by atoms with Crippen LogP contribution in [0.15, 0.2) is 6.33 Å². The second kappa shape index (κ2) is 5.60. The summed E-state index contributed by atoms with van der Waals surface area (Å²) in [6, 6.07) is 0. The zero-order chi connectivity index (χ0) is 13.1. The summed E-state index contributed by atoms with van der Waals surface area (Å²) >= 11 is 0. The zero-order valence-corrected chi connectivity index (χ0v) is 11.3. The Balaban J connectivity index is 2.74. The molecule has 1 N–H and O–H groups in total. The number of methoxy groups -OCH3 is 1. The normalized spacial score (nSPS) is 15.9. The maximum atomic E-state index is 10.2. The number of ether oxygens (including phenoxy) is 1. The number of nitrogens with zero attached hydrogens (tertiary/aromatic N) is 3. The molecule has 2 unspecified atom stereocenters. The maximum absolute atomic E-state index is 10.2. The molecular weight excluding hydrogens is 218 g/mol. The largest absolute Gasteiger partial charge is 0.390 e. The molecule has 1 heterocycles. The van der Waals surface area contributed by atoms with Crippen LogP contribution in [0.5, 0.6) is 0 Å². The molecule has 5 heteroatoms. The predicted molar refractivity (Wildman–Crippen MR) is 65.7 cm³/mol. The second-order valence-electron chi connectivity index (χ2n) is 5.29. The Morgan fingerprint density at radius 2 is 2.12 bits per heavy atom. The van der Waals surface area contributed by atoms with Gasteiger partial charge in [0.15, 0.2) is 0 Å². The van der Waals surface area contributed by atoms with Gasteiger partial charge in [-0.2, -0.15) is 5.10 Å². The topological polar surface area (TPSA) is 60.2 Å². The second-order valence-corrected chi connectivity index (χ2v) is 5.29. The van der Waals surface area contributed by atoms with Crippen LogP contribution < -0.4 is 0 Å². The monoisotopic (exact) mass is 241 g/mol. The molecule has 98 valence electrons. The number of hydrogen-bond donors (Lipinski definition) is 1. The third-order valence-electron chi connectivity index (χ3n) is 2.84. The van der Waals surface area contributed by atoms with Crippen molar-refractivity contribution in [2.45, 2.75) is 52.9 Å². The molecule has 1 aromatic rings. The Morgan fingerprint density at radius 1 is 1.47 bits per heavy atom. The lowest BCUT2D eigenvalue weighted by atomic mass is 9.84. The molecule has 0 fully saturated rings. The van der Waals surface area contributed by atoms with Gasteiger partial charge in [0, 0.05) is 20.1 Å². The van der Waals surface area contributed by atoms with Gasteiger partial charge in [-0.3, -0.25) is 4.68 Å². The molecule has 0 spiro atoms. The molecule has 5 nitrogen and oxygen atoms in total. The first-order valence-corrected chi connectivity index (χ1v) is 5.97. The minimum atomic E-state index is -0.575. The van der Waals surface area contributed by atoms with Crippen molar-refractivity contribution in [3.05, 3.63) is 12.2 Å². The summed E-state index contributed by atoms with van der Waals surface area (Å²) in [5.41, 5.74) is -0.106. The highest BCUT2D eigenvalue weighted by molar-refractivity contribution is 4.92. The quantitative estimate of drug-likeness (QED) is 0.843. The minimum Gasteiger partial charge on any atom is -0.390 e. The molecule has 0 saturated heterocycles. The third kappa shape index (κ3) is 3.51. The molecule has 17 heavy (non-hydrogen) atoms. The Morgan fingerprint density at radius 3 is 2.59 bits per heavy atom. The van der Waals surface area contributed by atoms with Crippen LogP contribution in [0, 0.1) is 5.41 Å². The number of aliphatic hydroxyl groups excluding tert-OH is 1. The van der Waals surface area contributed by atoms with E-state index < -0.39 is 6.10 Å². The van der Waals surface area contributed by atoms with Crippen LogP contribution in [-0.4, -0.2) is 39.2 Å². The number of aromatic nitrogens is 3. The summed E-state index contributed by atoms with van der Waals surface area (Å²) in [5.74, 6) is 0.798. The van der Waals surface area contributed by atoms with Gasteiger partial charge in [0.2, 0.25) is 0 Å². The van der Waals surface area contributed by atoms with Gasteiger partial charge in [-0.1, -0.05) is 20.8 Å². The highest BCUT2D eigenvalue weighted by Gasteiger charge is 2.32. The summed E-state index contributed by atoms with van der Waals surface area (Å²) < 4.78 is 7.18. The summed E-state index contributed by atoms with van der Waals surface area (Å²) in [4.78, 5) is 4.16. The van der Waals surface area contributed by atoms with Gasteiger partial charge < -0.3 is 9.84 Å². The van der Waals surface area contributed by atoms with Gasteiger partial charge in [-0.15, -0.1) is 0 Å². The van der Waals surface area contributed by atoms with Crippen molar-refractivity contribution in [2.24, 2.45) is 5.41 Å². The SMILES string of the molecule is CCn1ncnc1CC(O)C(OC)C(C)(C)C. The van der Waals surface area contributed by atoms with Gasteiger partial charge in [0.1, 0.15) is 12.2 Å². The van der Waals surface area contributed by atoms with E-state index in [1.807, 2.05) is 6.92 Å². The smallest absolute Gasteiger partial charge is 0.138 e. The molecule has 0 aliphatic rings. The van der Waals surface area contributed by atoms with E-state index in [1.165, 1.54) is 6.33 Å². The molecule has 0 bridgehead atoms. The Labute approximate surface area is 103 Å². The first-order chi connectivity index (χ1) is 7.90. The number of hydrogen-bond acceptors (Lipinski definition) is 4. The fourth-order valence-corrected chi connectivity index (χ4v) is 2.09. The molecule has 1 aromatic heterocycles. The highest BCUT2D eigenvalue weighted by Crippen LogP contribution is 2.25. The van der Waals surface area contributed by atoms with E-state index in [4.69, 9.17) is 4.74 Å². The van der Waals surface area contributed by atoms with Crippen molar-refractivity contribution in [2.75, 3.05) is 7.11 Å². The van der Waals surface area contributed by atoms with Crippen molar-refractivity contribution in [3.63, 3.8) is 0 Å². The van der Waals surface area contributed by atoms with E-state index in [0.717, 1.165) is 12.4 Å². The Hall–Kier alpha value is -0.940. The van der Waals surface area contributed by atoms with Crippen LogP contribution in [-0.2, 0) is 17.7 Å². The van der Waals surface area contributed by atoms with Gasteiger partial charge >= 0.3 is 0 Å². The average Bonchev–Trinajstić information content (AvgIpc) is 2.63. The first-order valence-electron chi connectivity index (χ1n) is 5.97. The maximum Gasteiger partial charge on any atom is 0.138 e. The van der Waals surface area contributed by atoms with Crippen LogP contribution in [0.4, 0.5) is 0 Å². The molecular formula is C12H23N3O2. The van der Waals surface area contributed by atoms with Crippen molar-refractivity contribution >= 4 is 0 Å². The van der Waals surface area contributed by atoms with Crippen LogP contribution >= 0.6 is 0 Å². The number of rotatable bonds is 5. The van der Waals surface area contributed by atoms with Crippen LogP contribution in [0.25, 0.3) is 0 Å². The summed E-state index contributed by atoms with van der Waals surface area (Å²) in [7, 11) is 1.63. The standard InChI is InChI=1S/C12H23N3O2/c1-6-15-10(13-8-14-15)7-9(16)11(17-5)12(2,3)4/h8-9,11,16H,6-7H2,1-5H3. The van der Waals surface area contributed by atoms with E-state index in [9.17, 15) is 5.11 Å². The van der Waals surface area contributed by atoms with Gasteiger partial charge in [-0.25, -0.2) is 4.98 Å². The Kier molecular flexibility index (Phi) is 4.65. The first kappa shape index (κ1) is 14.1. The van der Waals surface area contributed by atoms with Crippen molar-refractivity contribution in [3.8, 4) is 0 Å². The number of aliphatic hydroxyl groups is 1. The molecule has 0 radical (unpaired) electrons. The Bertz CT molecular complexity index is 344. The third-order valence-corrected chi connectivity index (χ3v) is 2.84. The molecule has 0 aliphatic heterocycles. The molecule has 0 saturated carbocycles. The average molecular weight is 241 g/mol. The molecule has 1 rings (SSSR count). The zero-order valence-electron chi connectivity index (χ0n) is 11.3. The van der Waals surface area contributed by atoms with Crippen molar-refractivity contribution in [1.82, 2.24) is 14.8 Å². The lowest BCUT2D eigenvalue weighted by molar-refractivity contribution is -0.0708. The van der Waals surface area contributed by atoms with Gasteiger partial charge in [0.05, 0.1) is 12.2 Å². The molecule has 2 atom stereocenters. The minimum absolute atomic E-state index is 0.106. The van der Waals surface area contributed by atoms with Crippen molar-refractivity contribution in [1.29, 1.82) is 0 Å². The highest BCUT2D eigenvalue weighted by atomic mass is 16.5.